The number of nitrogens with one attached hydrogen (secondary N) is 1. The van der Waals surface area contributed by atoms with E-state index in [1.165, 1.54) is 64.3 Å². The molecule has 1 heteroatoms. The maximum atomic E-state index is 3.74. The normalized spacial score (nSPS) is 33.4. The smallest absolute Gasteiger partial charge is 0.00698 e. The molecular formula is C14H27N. The van der Waals surface area contributed by atoms with Crippen LogP contribution in [0.4, 0.5) is 0 Å². The molecule has 1 N–H and O–H groups in total. The quantitative estimate of drug-likeness (QED) is 0.696. The second-order valence-corrected chi connectivity index (χ2v) is 5.62. The molecule has 2 unspecified atom stereocenters. The molecule has 2 rings (SSSR count). The largest absolute Gasteiger partial charge is 0.314 e. The molecule has 0 aliphatic heterocycles. The van der Waals surface area contributed by atoms with Crippen LogP contribution in [0.15, 0.2) is 0 Å². The van der Waals surface area contributed by atoms with Crippen LogP contribution in [0.2, 0.25) is 0 Å². The molecule has 2 aliphatic rings. The SMILES string of the molecule is CCCNC1CCCCC(C2CCC2)C1. The minimum atomic E-state index is 0.845. The fourth-order valence-electron chi connectivity index (χ4n) is 3.27. The first-order chi connectivity index (χ1) is 7.40. The van der Waals surface area contributed by atoms with Crippen molar-refractivity contribution in [2.24, 2.45) is 11.8 Å². The van der Waals surface area contributed by atoms with Gasteiger partial charge in [0.25, 0.3) is 0 Å². The third kappa shape index (κ3) is 3.21. The lowest BCUT2D eigenvalue weighted by Gasteiger charge is -2.34. The molecule has 0 amide bonds. The van der Waals surface area contributed by atoms with Crippen molar-refractivity contribution < 1.29 is 0 Å². The van der Waals surface area contributed by atoms with Gasteiger partial charge in [-0.25, -0.2) is 0 Å². The van der Waals surface area contributed by atoms with Gasteiger partial charge in [-0.15, -0.1) is 0 Å². The van der Waals surface area contributed by atoms with Crippen LogP contribution in [0.5, 0.6) is 0 Å². The highest BCUT2D eigenvalue weighted by Crippen LogP contribution is 2.40. The van der Waals surface area contributed by atoms with E-state index in [0.29, 0.717) is 0 Å². The van der Waals surface area contributed by atoms with Crippen LogP contribution in [0, 0.1) is 11.8 Å². The molecule has 2 fully saturated rings. The van der Waals surface area contributed by atoms with Crippen LogP contribution in [0.3, 0.4) is 0 Å². The van der Waals surface area contributed by atoms with Crippen molar-refractivity contribution in [2.45, 2.75) is 70.8 Å². The van der Waals surface area contributed by atoms with Gasteiger partial charge < -0.3 is 5.32 Å². The van der Waals surface area contributed by atoms with Crippen molar-refractivity contribution in [3.63, 3.8) is 0 Å². The summed E-state index contributed by atoms with van der Waals surface area (Å²) in [6, 6.07) is 0.845. The lowest BCUT2D eigenvalue weighted by atomic mass is 9.72. The highest BCUT2D eigenvalue weighted by atomic mass is 14.9. The molecule has 0 spiro atoms. The van der Waals surface area contributed by atoms with Gasteiger partial charge in [0.2, 0.25) is 0 Å². The molecule has 15 heavy (non-hydrogen) atoms. The van der Waals surface area contributed by atoms with Gasteiger partial charge in [0, 0.05) is 6.04 Å². The first kappa shape index (κ1) is 11.4. The maximum Gasteiger partial charge on any atom is 0.00698 e. The van der Waals surface area contributed by atoms with E-state index in [9.17, 15) is 0 Å². The van der Waals surface area contributed by atoms with Crippen LogP contribution in [0.25, 0.3) is 0 Å². The third-order valence-corrected chi connectivity index (χ3v) is 4.46. The molecule has 2 atom stereocenters. The van der Waals surface area contributed by atoms with Crippen LogP contribution >= 0.6 is 0 Å². The average molecular weight is 209 g/mol. The minimum Gasteiger partial charge on any atom is -0.314 e. The Morgan fingerprint density at radius 1 is 0.933 bits per heavy atom. The van der Waals surface area contributed by atoms with E-state index in [0.717, 1.165) is 17.9 Å². The van der Waals surface area contributed by atoms with Crippen molar-refractivity contribution in [1.82, 2.24) is 5.32 Å². The van der Waals surface area contributed by atoms with E-state index in [-0.39, 0.29) is 0 Å². The van der Waals surface area contributed by atoms with Gasteiger partial charge in [-0.3, -0.25) is 0 Å². The molecule has 0 aromatic carbocycles. The zero-order valence-electron chi connectivity index (χ0n) is 10.3. The summed E-state index contributed by atoms with van der Waals surface area (Å²) in [5, 5.41) is 3.74. The highest BCUT2D eigenvalue weighted by molar-refractivity contribution is 4.83. The van der Waals surface area contributed by atoms with Gasteiger partial charge in [-0.2, -0.15) is 0 Å². The zero-order chi connectivity index (χ0) is 10.5. The van der Waals surface area contributed by atoms with E-state index in [1.54, 1.807) is 0 Å². The van der Waals surface area contributed by atoms with E-state index in [4.69, 9.17) is 0 Å². The van der Waals surface area contributed by atoms with E-state index in [2.05, 4.69) is 12.2 Å². The van der Waals surface area contributed by atoms with Crippen LogP contribution in [-0.2, 0) is 0 Å². The fourth-order valence-corrected chi connectivity index (χ4v) is 3.27. The summed E-state index contributed by atoms with van der Waals surface area (Å²) < 4.78 is 0. The van der Waals surface area contributed by atoms with Crippen molar-refractivity contribution >= 4 is 0 Å². The summed E-state index contributed by atoms with van der Waals surface area (Å²) in [6.45, 7) is 3.50. The average Bonchev–Trinajstić information content (AvgIpc) is 2.38. The third-order valence-electron chi connectivity index (χ3n) is 4.46. The van der Waals surface area contributed by atoms with Crippen molar-refractivity contribution in [1.29, 1.82) is 0 Å². The predicted molar refractivity (Wildman–Crippen MR) is 66.0 cm³/mol. The van der Waals surface area contributed by atoms with Gasteiger partial charge in [0.15, 0.2) is 0 Å². The Morgan fingerprint density at radius 2 is 1.67 bits per heavy atom. The second kappa shape index (κ2) is 5.89. The van der Waals surface area contributed by atoms with Gasteiger partial charge in [0.1, 0.15) is 0 Å². The van der Waals surface area contributed by atoms with Gasteiger partial charge >= 0.3 is 0 Å². The predicted octanol–water partition coefficient (Wildman–Crippen LogP) is 3.74. The molecule has 0 heterocycles. The zero-order valence-corrected chi connectivity index (χ0v) is 10.3. The Labute approximate surface area is 95.0 Å². The fraction of sp³-hybridized carbons (Fsp3) is 1.00. The molecule has 2 aliphatic carbocycles. The summed E-state index contributed by atoms with van der Waals surface area (Å²) in [5.74, 6) is 2.17. The number of rotatable bonds is 4. The van der Waals surface area contributed by atoms with Gasteiger partial charge in [0.05, 0.1) is 0 Å². The van der Waals surface area contributed by atoms with Crippen LogP contribution in [-0.4, -0.2) is 12.6 Å². The minimum absolute atomic E-state index is 0.845. The molecule has 1 nitrogen and oxygen atoms in total. The van der Waals surface area contributed by atoms with Gasteiger partial charge in [-0.05, 0) is 37.6 Å². The lowest BCUT2D eigenvalue weighted by Crippen LogP contribution is -2.33. The van der Waals surface area contributed by atoms with Gasteiger partial charge in [-0.1, -0.05) is 45.4 Å². The summed E-state index contributed by atoms with van der Waals surface area (Å²) in [7, 11) is 0. The van der Waals surface area contributed by atoms with Crippen LogP contribution in [0.1, 0.15) is 64.7 Å². The number of hydrogen-bond donors (Lipinski definition) is 1. The van der Waals surface area contributed by atoms with Crippen molar-refractivity contribution in [3.05, 3.63) is 0 Å². The Bertz CT molecular complexity index is 174. The number of hydrogen-bond acceptors (Lipinski definition) is 1. The van der Waals surface area contributed by atoms with Crippen molar-refractivity contribution in [2.75, 3.05) is 6.54 Å². The topological polar surface area (TPSA) is 12.0 Å². The lowest BCUT2D eigenvalue weighted by molar-refractivity contribution is 0.178. The van der Waals surface area contributed by atoms with E-state index in [1.807, 2.05) is 0 Å². The van der Waals surface area contributed by atoms with Crippen LogP contribution < -0.4 is 5.32 Å². The molecule has 0 aromatic rings. The van der Waals surface area contributed by atoms with Crippen molar-refractivity contribution in [3.8, 4) is 0 Å². The summed E-state index contributed by atoms with van der Waals surface area (Å²) in [4.78, 5) is 0. The molecule has 0 radical (unpaired) electrons. The molecule has 0 aromatic heterocycles. The second-order valence-electron chi connectivity index (χ2n) is 5.62. The summed E-state index contributed by atoms with van der Waals surface area (Å²) >= 11 is 0. The van der Waals surface area contributed by atoms with E-state index < -0.39 is 0 Å². The molecule has 2 saturated carbocycles. The molecule has 0 saturated heterocycles. The Hall–Kier alpha value is -0.0400. The monoisotopic (exact) mass is 209 g/mol. The molecular weight excluding hydrogens is 182 g/mol. The summed E-state index contributed by atoms with van der Waals surface area (Å²) in [6.07, 6.45) is 13.2. The molecule has 88 valence electrons. The Kier molecular flexibility index (Phi) is 4.49. The molecule has 0 bridgehead atoms. The maximum absolute atomic E-state index is 3.74. The highest BCUT2D eigenvalue weighted by Gasteiger charge is 2.30. The Morgan fingerprint density at radius 3 is 2.33 bits per heavy atom. The van der Waals surface area contributed by atoms with E-state index >= 15 is 0 Å². The standard InChI is InChI=1S/C14H27N/c1-2-10-15-14-9-4-3-6-13(11-14)12-7-5-8-12/h12-15H,2-11H2,1H3. The first-order valence-corrected chi connectivity index (χ1v) is 7.13. The summed E-state index contributed by atoms with van der Waals surface area (Å²) in [5.41, 5.74) is 0. The first-order valence-electron chi connectivity index (χ1n) is 7.13. The Balaban J connectivity index is 1.78.